The number of nitrogens with zero attached hydrogens (tertiary/aromatic N) is 3. The van der Waals surface area contributed by atoms with Crippen LogP contribution in [0.1, 0.15) is 35.7 Å². The highest BCUT2D eigenvalue weighted by Gasteiger charge is 2.22. The summed E-state index contributed by atoms with van der Waals surface area (Å²) in [7, 11) is 0. The quantitative estimate of drug-likeness (QED) is 0.640. The molecule has 2 N–H and O–H groups in total. The minimum atomic E-state index is -0.625. The highest BCUT2D eigenvalue weighted by molar-refractivity contribution is 7.16. The maximum Gasteiger partial charge on any atom is 0.346 e. The average Bonchev–Trinajstić information content (AvgIpc) is 2.91. The summed E-state index contributed by atoms with van der Waals surface area (Å²) in [6.07, 6.45) is 0.837. The number of benzene rings is 1. The fourth-order valence-corrected chi connectivity index (χ4v) is 3.62. The van der Waals surface area contributed by atoms with E-state index in [0.29, 0.717) is 16.5 Å². The van der Waals surface area contributed by atoms with Crippen molar-refractivity contribution in [3.8, 4) is 6.07 Å². The molecule has 24 heavy (non-hydrogen) atoms. The van der Waals surface area contributed by atoms with Gasteiger partial charge in [-0.2, -0.15) is 5.26 Å². The second-order valence-corrected chi connectivity index (χ2v) is 6.97. The molecule has 0 aliphatic carbocycles. The van der Waals surface area contributed by atoms with Gasteiger partial charge < -0.3 is 0 Å². The number of rotatable bonds is 5. The third-order valence-corrected chi connectivity index (χ3v) is 4.58. The third kappa shape index (κ3) is 4.31. The summed E-state index contributed by atoms with van der Waals surface area (Å²) in [4.78, 5) is 18.1. The number of thiazole rings is 1. The van der Waals surface area contributed by atoms with Gasteiger partial charge in [0, 0.05) is 6.42 Å². The van der Waals surface area contributed by atoms with Crippen LogP contribution in [-0.4, -0.2) is 16.2 Å². The van der Waals surface area contributed by atoms with Crippen molar-refractivity contribution in [2.45, 2.75) is 33.7 Å². The third-order valence-electron chi connectivity index (χ3n) is 3.38. The van der Waals surface area contributed by atoms with Crippen LogP contribution < -0.4 is 10.4 Å². The first-order valence-corrected chi connectivity index (χ1v) is 8.43. The van der Waals surface area contributed by atoms with Crippen molar-refractivity contribution in [2.24, 2.45) is 5.92 Å². The number of anilines is 1. The summed E-state index contributed by atoms with van der Waals surface area (Å²) < 4.78 is 0. The molecule has 0 saturated heterocycles. The minimum absolute atomic E-state index is 0.242. The van der Waals surface area contributed by atoms with Crippen LogP contribution in [0.2, 0.25) is 0 Å². The molecule has 0 saturated carbocycles. The number of hydrogen-bond acceptors (Lipinski definition) is 5. The van der Waals surface area contributed by atoms with E-state index in [4.69, 9.17) is 10.5 Å². The predicted octanol–water partition coefficient (Wildman–Crippen LogP) is 3.63. The van der Waals surface area contributed by atoms with Gasteiger partial charge in [-0.05, 0) is 30.5 Å². The summed E-state index contributed by atoms with van der Waals surface area (Å²) in [5, 5.41) is 19.7. The first-order chi connectivity index (χ1) is 11.4. The molecule has 2 rings (SSSR count). The molecule has 2 aromatic rings. The van der Waals surface area contributed by atoms with E-state index in [0.717, 1.165) is 22.7 Å². The lowest BCUT2D eigenvalue weighted by Crippen LogP contribution is -2.37. The van der Waals surface area contributed by atoms with E-state index in [2.05, 4.69) is 24.9 Å². The van der Waals surface area contributed by atoms with Crippen LogP contribution in [0.4, 0.5) is 9.80 Å². The van der Waals surface area contributed by atoms with Crippen molar-refractivity contribution in [1.82, 2.24) is 10.5 Å². The molecule has 126 valence electrons. The number of carbonyl (C=O) groups excluding carboxylic acids is 1. The van der Waals surface area contributed by atoms with Crippen LogP contribution in [0.15, 0.2) is 24.3 Å². The van der Waals surface area contributed by atoms with Crippen molar-refractivity contribution in [2.75, 3.05) is 4.90 Å². The fraction of sp³-hybridized carbons (Fsp3) is 0.353. The van der Waals surface area contributed by atoms with E-state index >= 15 is 0 Å². The molecule has 0 fully saturated rings. The molecule has 2 amide bonds. The highest BCUT2D eigenvalue weighted by atomic mass is 32.1. The van der Waals surface area contributed by atoms with Crippen molar-refractivity contribution in [3.05, 3.63) is 46.1 Å². The van der Waals surface area contributed by atoms with Crippen molar-refractivity contribution in [3.63, 3.8) is 0 Å². The van der Waals surface area contributed by atoms with Gasteiger partial charge >= 0.3 is 6.03 Å². The lowest BCUT2D eigenvalue weighted by Gasteiger charge is -2.20. The second-order valence-electron chi connectivity index (χ2n) is 5.91. The van der Waals surface area contributed by atoms with E-state index in [1.165, 1.54) is 16.2 Å². The van der Waals surface area contributed by atoms with E-state index in [1.807, 2.05) is 13.0 Å². The Labute approximate surface area is 145 Å². The van der Waals surface area contributed by atoms with Crippen molar-refractivity contribution >= 4 is 22.4 Å². The molecule has 0 atom stereocenters. The number of amides is 2. The number of hydroxylamine groups is 1. The van der Waals surface area contributed by atoms with Gasteiger partial charge in [0.25, 0.3) is 0 Å². The standard InChI is InChI=1S/C17H20N4O2S/c1-11(2)7-15-19-12(3)16(24-15)21(17(22)20-23)10-14-6-4-5-13(8-14)9-18/h4-6,8,11,23H,7,10H2,1-3H3,(H,20,22). The van der Waals surface area contributed by atoms with Crippen LogP contribution in [0.5, 0.6) is 0 Å². The van der Waals surface area contributed by atoms with Gasteiger partial charge in [0.15, 0.2) is 0 Å². The minimum Gasteiger partial charge on any atom is -0.287 e. The molecule has 0 bridgehead atoms. The van der Waals surface area contributed by atoms with Gasteiger partial charge in [-0.25, -0.2) is 15.3 Å². The molecule has 0 aliphatic heterocycles. The second kappa shape index (κ2) is 7.90. The summed E-state index contributed by atoms with van der Waals surface area (Å²) in [5.41, 5.74) is 3.76. The largest absolute Gasteiger partial charge is 0.346 e. The molecule has 1 aromatic carbocycles. The van der Waals surface area contributed by atoms with E-state index < -0.39 is 6.03 Å². The molecular weight excluding hydrogens is 324 g/mol. The summed E-state index contributed by atoms with van der Waals surface area (Å²) >= 11 is 1.45. The lowest BCUT2D eigenvalue weighted by atomic mass is 10.1. The van der Waals surface area contributed by atoms with Crippen LogP contribution in [0.3, 0.4) is 0 Å². The molecule has 1 aromatic heterocycles. The van der Waals surface area contributed by atoms with Crippen LogP contribution in [0.25, 0.3) is 0 Å². The molecule has 1 heterocycles. The Morgan fingerprint density at radius 2 is 2.25 bits per heavy atom. The highest BCUT2D eigenvalue weighted by Crippen LogP contribution is 2.31. The molecule has 0 radical (unpaired) electrons. The van der Waals surface area contributed by atoms with Crippen LogP contribution in [0, 0.1) is 24.2 Å². The smallest absolute Gasteiger partial charge is 0.287 e. The Kier molecular flexibility index (Phi) is 5.90. The zero-order chi connectivity index (χ0) is 17.7. The number of urea groups is 1. The summed E-state index contributed by atoms with van der Waals surface area (Å²) in [6, 6.07) is 8.50. The van der Waals surface area contributed by atoms with Gasteiger partial charge in [0.05, 0.1) is 28.9 Å². The van der Waals surface area contributed by atoms with E-state index in [1.54, 1.807) is 23.7 Å². The number of aromatic nitrogens is 1. The van der Waals surface area contributed by atoms with Crippen molar-refractivity contribution < 1.29 is 10.0 Å². The number of nitriles is 1. The van der Waals surface area contributed by atoms with Crippen LogP contribution in [-0.2, 0) is 13.0 Å². The molecule has 7 heteroatoms. The van der Waals surface area contributed by atoms with Gasteiger partial charge in [0.1, 0.15) is 5.00 Å². The van der Waals surface area contributed by atoms with Crippen LogP contribution >= 0.6 is 11.3 Å². The first kappa shape index (κ1) is 17.9. The predicted molar refractivity (Wildman–Crippen MR) is 93.1 cm³/mol. The Morgan fingerprint density at radius 3 is 2.88 bits per heavy atom. The monoisotopic (exact) mass is 344 g/mol. The van der Waals surface area contributed by atoms with Gasteiger partial charge in [-0.1, -0.05) is 26.0 Å². The molecular formula is C17H20N4O2S. The fourth-order valence-electron chi connectivity index (χ4n) is 2.35. The topological polar surface area (TPSA) is 89.2 Å². The molecule has 6 nitrogen and oxygen atoms in total. The number of hydrogen-bond donors (Lipinski definition) is 2. The lowest BCUT2D eigenvalue weighted by molar-refractivity contribution is 0.166. The average molecular weight is 344 g/mol. The number of aryl methyl sites for hydroxylation is 1. The summed E-state index contributed by atoms with van der Waals surface area (Å²) in [5.74, 6) is 0.468. The summed E-state index contributed by atoms with van der Waals surface area (Å²) in [6.45, 7) is 6.31. The van der Waals surface area contributed by atoms with Gasteiger partial charge in [-0.3, -0.25) is 10.1 Å². The molecule has 0 aliphatic rings. The SMILES string of the molecule is Cc1nc(CC(C)C)sc1N(Cc1cccc(C#N)c1)C(=O)NO. The maximum absolute atomic E-state index is 12.1. The normalized spacial score (nSPS) is 10.5. The maximum atomic E-state index is 12.1. The number of nitrogens with one attached hydrogen (secondary N) is 1. The van der Waals surface area contributed by atoms with Gasteiger partial charge in [-0.15, -0.1) is 11.3 Å². The zero-order valence-corrected chi connectivity index (χ0v) is 14.7. The Morgan fingerprint density at radius 1 is 1.50 bits per heavy atom. The Hall–Kier alpha value is -2.43. The van der Waals surface area contributed by atoms with Crippen molar-refractivity contribution in [1.29, 1.82) is 5.26 Å². The first-order valence-electron chi connectivity index (χ1n) is 7.61. The zero-order valence-electron chi connectivity index (χ0n) is 13.9. The van der Waals surface area contributed by atoms with E-state index in [-0.39, 0.29) is 6.54 Å². The van der Waals surface area contributed by atoms with E-state index in [9.17, 15) is 4.79 Å². The van der Waals surface area contributed by atoms with Gasteiger partial charge in [0.2, 0.25) is 0 Å². The molecule has 0 unspecified atom stereocenters. The Balaban J connectivity index is 2.33. The molecule has 0 spiro atoms. The Bertz CT molecular complexity index is 764. The number of carbonyl (C=O) groups is 1.